The fourth-order valence-electron chi connectivity index (χ4n) is 3.31. The van der Waals surface area contributed by atoms with Gasteiger partial charge in [0, 0.05) is 50.2 Å². The highest BCUT2D eigenvalue weighted by Gasteiger charge is 2.31. The number of halogens is 1. The van der Waals surface area contributed by atoms with Gasteiger partial charge in [-0.15, -0.1) is 0 Å². The van der Waals surface area contributed by atoms with Gasteiger partial charge >= 0.3 is 0 Å². The second kappa shape index (κ2) is 9.69. The number of nitrogens with zero attached hydrogens (tertiary/aromatic N) is 5. The number of nitrogens with one attached hydrogen (secondary N) is 1. The van der Waals surface area contributed by atoms with Gasteiger partial charge in [0.15, 0.2) is 0 Å². The highest BCUT2D eigenvalue weighted by molar-refractivity contribution is 6.32. The van der Waals surface area contributed by atoms with Crippen LogP contribution in [-0.4, -0.2) is 63.8 Å². The lowest BCUT2D eigenvalue weighted by Gasteiger charge is -2.37. The highest BCUT2D eigenvalue weighted by Crippen LogP contribution is 2.25. The third-order valence-corrected chi connectivity index (χ3v) is 5.37. The van der Waals surface area contributed by atoms with Gasteiger partial charge in [-0.1, -0.05) is 25.4 Å². The lowest BCUT2D eigenvalue weighted by atomic mass is 10.0. The Hall–Kier alpha value is -3.27. The summed E-state index contributed by atoms with van der Waals surface area (Å²) in [5.41, 5.74) is -0.290. The molecule has 0 radical (unpaired) electrons. The Labute approximate surface area is 184 Å². The van der Waals surface area contributed by atoms with Crippen LogP contribution >= 0.6 is 11.6 Å². The van der Waals surface area contributed by atoms with Crippen LogP contribution in [-0.2, 0) is 4.79 Å². The number of hydrogen-bond donors (Lipinski definition) is 1. The number of amides is 2. The molecule has 2 heterocycles. The Morgan fingerprint density at radius 3 is 2.39 bits per heavy atom. The van der Waals surface area contributed by atoms with E-state index in [0.29, 0.717) is 32.1 Å². The van der Waals surface area contributed by atoms with Crippen LogP contribution in [0, 0.1) is 16.0 Å². The van der Waals surface area contributed by atoms with Crippen molar-refractivity contribution in [3.8, 4) is 0 Å². The molecule has 11 heteroatoms. The number of hydrogen-bond acceptors (Lipinski definition) is 7. The first-order valence-corrected chi connectivity index (χ1v) is 10.2. The first-order valence-electron chi connectivity index (χ1n) is 9.83. The molecule has 1 aliphatic heterocycles. The number of nitro groups is 1. The molecule has 2 aromatic rings. The molecule has 0 bridgehead atoms. The lowest BCUT2D eigenvalue weighted by molar-refractivity contribution is -0.384. The normalized spacial score (nSPS) is 15.0. The monoisotopic (exact) mass is 446 g/mol. The average molecular weight is 447 g/mol. The number of rotatable bonds is 6. The summed E-state index contributed by atoms with van der Waals surface area (Å²) in [5, 5.41) is 13.8. The molecule has 10 nitrogen and oxygen atoms in total. The van der Waals surface area contributed by atoms with Gasteiger partial charge in [0.1, 0.15) is 11.1 Å². The summed E-state index contributed by atoms with van der Waals surface area (Å²) in [5.74, 6) is -0.314. The van der Waals surface area contributed by atoms with Crippen molar-refractivity contribution in [2.24, 2.45) is 5.92 Å². The lowest BCUT2D eigenvalue weighted by Crippen LogP contribution is -2.56. The van der Waals surface area contributed by atoms with E-state index in [0.717, 1.165) is 6.07 Å². The van der Waals surface area contributed by atoms with Crippen molar-refractivity contribution in [2.45, 2.75) is 19.9 Å². The van der Waals surface area contributed by atoms with Crippen molar-refractivity contribution in [3.05, 3.63) is 57.4 Å². The molecule has 1 aromatic carbocycles. The van der Waals surface area contributed by atoms with Gasteiger partial charge in [-0.3, -0.25) is 19.7 Å². The molecule has 1 atom stereocenters. The van der Waals surface area contributed by atoms with E-state index >= 15 is 0 Å². The summed E-state index contributed by atoms with van der Waals surface area (Å²) < 4.78 is 0. The van der Waals surface area contributed by atoms with E-state index in [1.165, 1.54) is 12.1 Å². The molecular weight excluding hydrogens is 424 g/mol. The summed E-state index contributed by atoms with van der Waals surface area (Å²) in [6.07, 6.45) is 3.34. The van der Waals surface area contributed by atoms with Gasteiger partial charge in [0.05, 0.1) is 4.92 Å². The zero-order chi connectivity index (χ0) is 22.5. The molecule has 0 aliphatic carbocycles. The molecule has 1 aromatic heterocycles. The molecule has 1 N–H and O–H groups in total. The van der Waals surface area contributed by atoms with Crippen molar-refractivity contribution in [2.75, 3.05) is 31.1 Å². The SMILES string of the molecule is CC(C)[C@@H](NC(=O)c1ccc(Cl)c([N+](=O)[O-])c1)C(=O)N1CCN(c2ncccn2)CC1. The predicted molar refractivity (Wildman–Crippen MR) is 115 cm³/mol. The maximum absolute atomic E-state index is 13.1. The Bertz CT molecular complexity index is 963. The zero-order valence-electron chi connectivity index (χ0n) is 17.2. The van der Waals surface area contributed by atoms with Crippen LogP contribution in [0.1, 0.15) is 24.2 Å². The van der Waals surface area contributed by atoms with E-state index in [-0.39, 0.29) is 28.1 Å². The van der Waals surface area contributed by atoms with Gasteiger partial charge in [-0.05, 0) is 24.1 Å². The van der Waals surface area contributed by atoms with Crippen molar-refractivity contribution in [1.29, 1.82) is 0 Å². The minimum atomic E-state index is -0.762. The number of nitro benzene ring substituents is 1. The van der Waals surface area contributed by atoms with Gasteiger partial charge in [0.2, 0.25) is 11.9 Å². The van der Waals surface area contributed by atoms with Gasteiger partial charge in [0.25, 0.3) is 11.6 Å². The largest absolute Gasteiger partial charge is 0.340 e. The van der Waals surface area contributed by atoms with Crippen molar-refractivity contribution in [3.63, 3.8) is 0 Å². The third-order valence-electron chi connectivity index (χ3n) is 5.05. The van der Waals surface area contributed by atoms with E-state index < -0.39 is 16.9 Å². The molecule has 3 rings (SSSR count). The third kappa shape index (κ3) is 5.26. The Balaban J connectivity index is 1.67. The number of carbonyl (C=O) groups is 2. The van der Waals surface area contributed by atoms with Crippen molar-refractivity contribution in [1.82, 2.24) is 20.2 Å². The molecule has 1 fully saturated rings. The Kier molecular flexibility index (Phi) is 7.01. The minimum absolute atomic E-state index is 0.0571. The fourth-order valence-corrected chi connectivity index (χ4v) is 3.50. The van der Waals surface area contributed by atoms with Crippen LogP contribution in [0.15, 0.2) is 36.7 Å². The quantitative estimate of drug-likeness (QED) is 0.532. The summed E-state index contributed by atoms with van der Waals surface area (Å²) in [6, 6.07) is 4.78. The molecular formula is C20H23ClN6O4. The molecule has 1 saturated heterocycles. The Morgan fingerprint density at radius 1 is 1.16 bits per heavy atom. The van der Waals surface area contributed by atoms with E-state index in [4.69, 9.17) is 11.6 Å². The van der Waals surface area contributed by atoms with Crippen LogP contribution < -0.4 is 10.2 Å². The van der Waals surface area contributed by atoms with E-state index in [1.807, 2.05) is 18.7 Å². The number of benzene rings is 1. The molecule has 2 amide bonds. The number of aromatic nitrogens is 2. The van der Waals surface area contributed by atoms with Crippen LogP contribution in [0.4, 0.5) is 11.6 Å². The smallest absolute Gasteiger partial charge is 0.288 e. The number of piperazine rings is 1. The van der Waals surface area contributed by atoms with Gasteiger partial charge in [-0.2, -0.15) is 0 Å². The summed E-state index contributed by atoms with van der Waals surface area (Å²) in [4.78, 5) is 48.4. The van der Waals surface area contributed by atoms with Crippen LogP contribution in [0.2, 0.25) is 5.02 Å². The van der Waals surface area contributed by atoms with E-state index in [9.17, 15) is 19.7 Å². The van der Waals surface area contributed by atoms with Crippen LogP contribution in [0.3, 0.4) is 0 Å². The van der Waals surface area contributed by atoms with E-state index in [1.54, 1.807) is 23.4 Å². The standard InChI is InChI=1S/C20H23ClN6O4/c1-13(2)17(24-18(28)14-4-5-15(21)16(12-14)27(30)31)19(29)25-8-10-26(11-9-25)20-22-6-3-7-23-20/h3-7,12-13,17H,8-11H2,1-2H3,(H,24,28)/t17-/m1/s1. The first-order chi connectivity index (χ1) is 14.8. The van der Waals surface area contributed by atoms with Crippen LogP contribution in [0.25, 0.3) is 0 Å². The zero-order valence-corrected chi connectivity index (χ0v) is 18.0. The number of carbonyl (C=O) groups excluding carboxylic acids is 2. The minimum Gasteiger partial charge on any atom is -0.340 e. The van der Waals surface area contributed by atoms with Crippen LogP contribution in [0.5, 0.6) is 0 Å². The first kappa shape index (κ1) is 22.4. The average Bonchev–Trinajstić information content (AvgIpc) is 2.77. The Morgan fingerprint density at radius 2 is 1.81 bits per heavy atom. The summed E-state index contributed by atoms with van der Waals surface area (Å²) >= 11 is 5.81. The van der Waals surface area contributed by atoms with Crippen molar-refractivity contribution >= 4 is 35.1 Å². The predicted octanol–water partition coefficient (Wildman–Crippen LogP) is 2.14. The molecule has 0 unspecified atom stereocenters. The maximum atomic E-state index is 13.1. The van der Waals surface area contributed by atoms with Gasteiger partial charge in [-0.25, -0.2) is 9.97 Å². The van der Waals surface area contributed by atoms with Crippen molar-refractivity contribution < 1.29 is 14.5 Å². The van der Waals surface area contributed by atoms with Gasteiger partial charge < -0.3 is 15.1 Å². The fraction of sp³-hybridized carbons (Fsp3) is 0.400. The molecule has 164 valence electrons. The number of anilines is 1. The molecule has 0 spiro atoms. The second-order valence-electron chi connectivity index (χ2n) is 7.48. The highest BCUT2D eigenvalue weighted by atomic mass is 35.5. The molecule has 31 heavy (non-hydrogen) atoms. The summed E-state index contributed by atoms with van der Waals surface area (Å²) in [6.45, 7) is 5.78. The molecule has 0 saturated carbocycles. The topological polar surface area (TPSA) is 122 Å². The molecule has 1 aliphatic rings. The van der Waals surface area contributed by atoms with E-state index in [2.05, 4.69) is 15.3 Å². The maximum Gasteiger partial charge on any atom is 0.288 e. The summed E-state index contributed by atoms with van der Waals surface area (Å²) in [7, 11) is 0. The second-order valence-corrected chi connectivity index (χ2v) is 7.89.